The molecule has 0 rings (SSSR count). The van der Waals surface area contributed by atoms with Gasteiger partial charge in [-0.05, 0) is 35.6 Å². The molecule has 0 unspecified atom stereocenters. The first kappa shape index (κ1) is 10.4. The van der Waals surface area contributed by atoms with Crippen LogP contribution in [0.2, 0.25) is 0 Å². The molecule has 0 atom stereocenters. The molecule has 0 fully saturated rings. The van der Waals surface area contributed by atoms with Gasteiger partial charge in [-0.2, -0.15) is 0 Å². The average Bonchev–Trinajstić information content (AvgIpc) is 1.82. The molecule has 0 heterocycles. The number of hydrogen-bond donors (Lipinski definition) is 1. The molecule has 0 aliphatic rings. The van der Waals surface area contributed by atoms with Crippen LogP contribution in [0, 0.1) is 0 Å². The number of rotatable bonds is 3. The summed E-state index contributed by atoms with van der Waals surface area (Å²) in [5, 5.41) is 8.31. The van der Waals surface area contributed by atoms with Crippen LogP contribution in [-0.4, -0.2) is 11.1 Å². The Labute approximate surface area is 79.4 Å². The quantitative estimate of drug-likeness (QED) is 0.483. The van der Waals surface area contributed by atoms with E-state index >= 15 is 0 Å². The van der Waals surface area contributed by atoms with Crippen molar-refractivity contribution in [3.63, 3.8) is 0 Å². The Bertz CT molecular complexity index is 226. The monoisotopic (exact) mass is 264 g/mol. The zero-order valence-electron chi connectivity index (χ0n) is 6.17. The predicted molar refractivity (Wildman–Crippen MR) is 53.7 cm³/mol. The van der Waals surface area contributed by atoms with Crippen LogP contribution in [0.3, 0.4) is 0 Å². The van der Waals surface area contributed by atoms with Crippen LogP contribution < -0.4 is 0 Å². The number of aliphatic carboxylic acids is 1. The minimum absolute atomic E-state index is 0.679. The maximum absolute atomic E-state index is 10.1. The molecule has 0 aromatic carbocycles. The Hall–Kier alpha value is -0.580. The van der Waals surface area contributed by atoms with Gasteiger partial charge >= 0.3 is 5.97 Å². The van der Waals surface area contributed by atoms with Crippen LogP contribution in [-0.2, 0) is 4.79 Å². The van der Waals surface area contributed by atoms with Gasteiger partial charge in [0.1, 0.15) is 0 Å². The molecule has 0 amide bonds. The van der Waals surface area contributed by atoms with Crippen LogP contribution in [0.4, 0.5) is 0 Å². The fourth-order valence-electron chi connectivity index (χ4n) is 0.388. The Morgan fingerprint density at radius 3 is 2.45 bits per heavy atom. The van der Waals surface area contributed by atoms with E-state index in [0.717, 1.165) is 11.6 Å². The molecule has 0 spiro atoms. The van der Waals surface area contributed by atoms with Gasteiger partial charge in [0.15, 0.2) is 0 Å². The van der Waals surface area contributed by atoms with Crippen molar-refractivity contribution in [1.29, 1.82) is 0 Å². The Balaban J connectivity index is 4.17. The van der Waals surface area contributed by atoms with E-state index in [1.807, 2.05) is 29.5 Å². The third-order valence-electron chi connectivity index (χ3n) is 0.788. The van der Waals surface area contributed by atoms with E-state index < -0.39 is 5.97 Å². The van der Waals surface area contributed by atoms with Gasteiger partial charge in [-0.25, -0.2) is 4.79 Å². The summed E-state index contributed by atoms with van der Waals surface area (Å²) in [6, 6.07) is 0. The first-order chi connectivity index (χ1) is 5.02. The van der Waals surface area contributed by atoms with Gasteiger partial charge in [0.2, 0.25) is 0 Å². The molecule has 3 heteroatoms. The highest BCUT2D eigenvalue weighted by atomic mass is 127. The standard InChI is InChI=1S/C8H9IO2/c1-6(2)3-4-7(9)5-8(10)11/h3-5H,1H2,2H3,(H,10,11)/b4-3-,7-5-. The molecule has 0 radical (unpaired) electrons. The summed E-state index contributed by atoms with van der Waals surface area (Å²) < 4.78 is 0.679. The fraction of sp³-hybridized carbons (Fsp3) is 0.125. The van der Waals surface area contributed by atoms with Crippen molar-refractivity contribution < 1.29 is 9.90 Å². The molecular formula is C8H9IO2. The van der Waals surface area contributed by atoms with Gasteiger partial charge in [0.05, 0.1) is 0 Å². The highest BCUT2D eigenvalue weighted by molar-refractivity contribution is 14.1. The van der Waals surface area contributed by atoms with E-state index in [1.165, 1.54) is 0 Å². The van der Waals surface area contributed by atoms with Crippen molar-refractivity contribution in [3.05, 3.63) is 34.0 Å². The van der Waals surface area contributed by atoms with Crippen LogP contribution >= 0.6 is 22.6 Å². The maximum Gasteiger partial charge on any atom is 0.329 e. The molecule has 1 N–H and O–H groups in total. The average molecular weight is 264 g/mol. The van der Waals surface area contributed by atoms with E-state index in [1.54, 1.807) is 12.2 Å². The lowest BCUT2D eigenvalue weighted by Crippen LogP contribution is -1.86. The lowest BCUT2D eigenvalue weighted by Gasteiger charge is -1.86. The maximum atomic E-state index is 10.1. The zero-order chi connectivity index (χ0) is 8.85. The topological polar surface area (TPSA) is 37.3 Å². The van der Waals surface area contributed by atoms with Crippen molar-refractivity contribution in [2.24, 2.45) is 0 Å². The van der Waals surface area contributed by atoms with Gasteiger partial charge in [-0.3, -0.25) is 0 Å². The third kappa shape index (κ3) is 7.32. The molecule has 0 aliphatic heterocycles. The minimum Gasteiger partial charge on any atom is -0.478 e. The molecule has 60 valence electrons. The van der Waals surface area contributed by atoms with Crippen molar-refractivity contribution in [2.45, 2.75) is 6.92 Å². The summed E-state index contributed by atoms with van der Waals surface area (Å²) in [4.78, 5) is 10.1. The SMILES string of the molecule is C=C(C)/C=C\C(I)=C\C(=O)O. The van der Waals surface area contributed by atoms with Gasteiger partial charge in [-0.1, -0.05) is 18.2 Å². The number of hydrogen-bond acceptors (Lipinski definition) is 1. The Morgan fingerprint density at radius 2 is 2.09 bits per heavy atom. The predicted octanol–water partition coefficient (Wildman–Crippen LogP) is 2.52. The lowest BCUT2D eigenvalue weighted by atomic mass is 10.3. The van der Waals surface area contributed by atoms with E-state index in [9.17, 15) is 4.79 Å². The number of allylic oxidation sites excluding steroid dienone is 4. The van der Waals surface area contributed by atoms with Crippen LogP contribution in [0.5, 0.6) is 0 Å². The second-order valence-electron chi connectivity index (χ2n) is 2.05. The van der Waals surface area contributed by atoms with Crippen molar-refractivity contribution >= 4 is 28.6 Å². The van der Waals surface area contributed by atoms with Crippen LogP contribution in [0.25, 0.3) is 0 Å². The number of halogens is 1. The van der Waals surface area contributed by atoms with Crippen LogP contribution in [0.15, 0.2) is 34.0 Å². The van der Waals surface area contributed by atoms with Gasteiger partial charge in [-0.15, -0.1) is 0 Å². The largest absolute Gasteiger partial charge is 0.478 e. The van der Waals surface area contributed by atoms with E-state index in [0.29, 0.717) is 3.58 Å². The fourth-order valence-corrected chi connectivity index (χ4v) is 0.834. The summed E-state index contributed by atoms with van der Waals surface area (Å²) in [5.41, 5.74) is 0.901. The van der Waals surface area contributed by atoms with Crippen molar-refractivity contribution in [2.75, 3.05) is 0 Å². The molecule has 2 nitrogen and oxygen atoms in total. The third-order valence-corrected chi connectivity index (χ3v) is 1.46. The highest BCUT2D eigenvalue weighted by Crippen LogP contribution is 2.08. The number of carboxylic acids is 1. The first-order valence-corrected chi connectivity index (χ1v) is 4.04. The molecule has 0 aromatic heterocycles. The zero-order valence-corrected chi connectivity index (χ0v) is 8.33. The first-order valence-electron chi connectivity index (χ1n) is 2.96. The molecule has 11 heavy (non-hydrogen) atoms. The van der Waals surface area contributed by atoms with Gasteiger partial charge in [0.25, 0.3) is 0 Å². The molecule has 0 aromatic rings. The number of carbonyl (C=O) groups is 1. The minimum atomic E-state index is -0.930. The van der Waals surface area contributed by atoms with E-state index in [4.69, 9.17) is 5.11 Å². The lowest BCUT2D eigenvalue weighted by molar-refractivity contribution is -0.131. The molecule has 0 bridgehead atoms. The summed E-state index contributed by atoms with van der Waals surface area (Å²) in [6.07, 6.45) is 4.61. The summed E-state index contributed by atoms with van der Waals surface area (Å²) in [7, 11) is 0. The van der Waals surface area contributed by atoms with E-state index in [2.05, 4.69) is 6.58 Å². The second kappa shape index (κ2) is 5.12. The van der Waals surface area contributed by atoms with E-state index in [-0.39, 0.29) is 0 Å². The smallest absolute Gasteiger partial charge is 0.329 e. The highest BCUT2D eigenvalue weighted by Gasteiger charge is 1.89. The summed E-state index contributed by atoms with van der Waals surface area (Å²) in [6.45, 7) is 5.49. The second-order valence-corrected chi connectivity index (χ2v) is 3.29. The molecule has 0 aliphatic carbocycles. The molecule has 0 saturated heterocycles. The number of carboxylic acid groups (broad SMARTS) is 1. The van der Waals surface area contributed by atoms with Crippen LogP contribution in [0.1, 0.15) is 6.92 Å². The molecule has 0 saturated carbocycles. The van der Waals surface area contributed by atoms with Gasteiger partial charge in [0, 0.05) is 9.66 Å². The molecular weight excluding hydrogens is 255 g/mol. The normalized spacial score (nSPS) is 12.0. The van der Waals surface area contributed by atoms with Gasteiger partial charge < -0.3 is 5.11 Å². The van der Waals surface area contributed by atoms with Crippen molar-refractivity contribution in [1.82, 2.24) is 0 Å². The Morgan fingerprint density at radius 1 is 1.55 bits per heavy atom. The van der Waals surface area contributed by atoms with Crippen molar-refractivity contribution in [3.8, 4) is 0 Å². The Kier molecular flexibility index (Phi) is 4.85. The summed E-state index contributed by atoms with van der Waals surface area (Å²) >= 11 is 1.94. The summed E-state index contributed by atoms with van der Waals surface area (Å²) in [5.74, 6) is -0.930.